The number of carbonyl (C=O) groups is 2. The Labute approximate surface area is 314 Å². The number of esters is 2. The van der Waals surface area contributed by atoms with Crippen LogP contribution >= 0.6 is 0 Å². The lowest BCUT2D eigenvalue weighted by molar-refractivity contribution is -0.393. The van der Waals surface area contributed by atoms with Gasteiger partial charge in [-0.25, -0.2) is 14.6 Å². The van der Waals surface area contributed by atoms with Crippen LogP contribution in [0.4, 0.5) is 17.1 Å². The maximum Gasteiger partial charge on any atom is 0.355 e. The van der Waals surface area contributed by atoms with Gasteiger partial charge in [0.1, 0.15) is 12.3 Å². The molecule has 0 saturated heterocycles. The minimum atomic E-state index is -2.09. The summed E-state index contributed by atoms with van der Waals surface area (Å²) < 4.78 is 12.9. The standard InChI is InChI=1S/C38H28N6O12/c1-5-38(27-14-30-33-21(10-20-8-17(2)6-7-28(20)39-33)15-41(30)35(45)26(27)16-54-37(38)47)55-36(46)19(4)56-40-34-24-11-22(42(48)49)9-18(3)31(24)32-25(34)12-23(43(50)51)13-29(32)44(52)53/h6-14,19H,5,15-16H2,1-4H3/b40-34+/t19-,38-/m0/s1. The third-order valence-corrected chi connectivity index (χ3v) is 10.3. The molecule has 0 spiro atoms. The number of ether oxygens (including phenoxy) is 2. The van der Waals surface area contributed by atoms with Crippen LogP contribution in [0, 0.1) is 44.2 Å². The second-order valence-electron chi connectivity index (χ2n) is 13.7. The molecule has 56 heavy (non-hydrogen) atoms. The number of carbonyl (C=O) groups excluding carboxylic acids is 2. The highest BCUT2D eigenvalue weighted by Gasteiger charge is 2.51. The first kappa shape index (κ1) is 35.6. The molecule has 0 saturated carbocycles. The lowest BCUT2D eigenvalue weighted by atomic mass is 9.85. The van der Waals surface area contributed by atoms with E-state index in [2.05, 4.69) is 5.16 Å². The predicted molar refractivity (Wildman–Crippen MR) is 196 cm³/mol. The second-order valence-corrected chi connectivity index (χ2v) is 13.7. The number of pyridine rings is 2. The van der Waals surface area contributed by atoms with Crippen molar-refractivity contribution < 1.29 is 38.7 Å². The molecule has 3 aliphatic rings. The van der Waals surface area contributed by atoms with Crippen molar-refractivity contribution in [3.63, 3.8) is 0 Å². The van der Waals surface area contributed by atoms with Gasteiger partial charge in [0, 0.05) is 51.4 Å². The maximum atomic E-state index is 14.0. The minimum absolute atomic E-state index is 0.00295. The molecule has 18 heteroatoms. The van der Waals surface area contributed by atoms with Gasteiger partial charge in [-0.2, -0.15) is 0 Å². The summed E-state index contributed by atoms with van der Waals surface area (Å²) in [6.45, 7) is 6.12. The first-order valence-corrected chi connectivity index (χ1v) is 17.2. The second kappa shape index (κ2) is 12.6. The molecular formula is C38H28N6O12. The molecule has 3 aromatic carbocycles. The summed E-state index contributed by atoms with van der Waals surface area (Å²) in [5.74, 6) is -2.05. The quantitative estimate of drug-likeness (QED) is 0.101. The van der Waals surface area contributed by atoms with Crippen molar-refractivity contribution in [3.8, 4) is 22.5 Å². The van der Waals surface area contributed by atoms with E-state index in [9.17, 15) is 44.7 Å². The molecule has 2 atom stereocenters. The van der Waals surface area contributed by atoms with Gasteiger partial charge < -0.3 is 18.9 Å². The smallest absolute Gasteiger partial charge is 0.355 e. The number of nitro benzene ring substituents is 3. The molecule has 0 radical (unpaired) electrons. The monoisotopic (exact) mass is 760 g/mol. The summed E-state index contributed by atoms with van der Waals surface area (Å²) in [5, 5.41) is 40.7. The number of nitrogens with zero attached hydrogens (tertiary/aromatic N) is 6. The van der Waals surface area contributed by atoms with E-state index in [1.807, 2.05) is 31.2 Å². The van der Waals surface area contributed by atoms with Crippen LogP contribution in [-0.2, 0) is 42.7 Å². The number of aromatic nitrogens is 2. The number of nitro groups is 3. The molecule has 0 amide bonds. The zero-order chi connectivity index (χ0) is 40.0. The molecule has 5 aromatic rings. The van der Waals surface area contributed by atoms with Crippen LogP contribution in [-0.4, -0.2) is 48.1 Å². The van der Waals surface area contributed by atoms with Gasteiger partial charge in [0.25, 0.3) is 22.6 Å². The Morgan fingerprint density at radius 2 is 1.66 bits per heavy atom. The topological polar surface area (TPSA) is 238 Å². The molecular weight excluding hydrogens is 732 g/mol. The van der Waals surface area contributed by atoms with Gasteiger partial charge in [-0.1, -0.05) is 23.7 Å². The Morgan fingerprint density at radius 3 is 2.34 bits per heavy atom. The number of cyclic esters (lactones) is 1. The Morgan fingerprint density at radius 1 is 0.964 bits per heavy atom. The van der Waals surface area contributed by atoms with Crippen LogP contribution in [0.2, 0.25) is 0 Å². The van der Waals surface area contributed by atoms with Crippen molar-refractivity contribution in [2.45, 2.75) is 59.0 Å². The highest BCUT2D eigenvalue weighted by atomic mass is 16.7. The fourth-order valence-electron chi connectivity index (χ4n) is 7.64. The summed E-state index contributed by atoms with van der Waals surface area (Å²) in [7, 11) is 0. The summed E-state index contributed by atoms with van der Waals surface area (Å²) >= 11 is 0. The van der Waals surface area contributed by atoms with E-state index >= 15 is 0 Å². The number of rotatable bonds is 8. The van der Waals surface area contributed by atoms with E-state index in [-0.39, 0.29) is 64.2 Å². The first-order chi connectivity index (χ1) is 26.6. The lowest BCUT2D eigenvalue weighted by Crippen LogP contribution is -2.48. The Bertz CT molecular complexity index is 2770. The number of benzene rings is 3. The third kappa shape index (κ3) is 5.28. The van der Waals surface area contributed by atoms with Gasteiger partial charge >= 0.3 is 11.9 Å². The fraction of sp³-hybridized carbons (Fsp3) is 0.237. The first-order valence-electron chi connectivity index (χ1n) is 17.2. The minimum Gasteiger partial charge on any atom is -0.457 e. The van der Waals surface area contributed by atoms with Crippen LogP contribution < -0.4 is 5.56 Å². The van der Waals surface area contributed by atoms with Crippen molar-refractivity contribution in [1.29, 1.82) is 0 Å². The Kier molecular flexibility index (Phi) is 8.03. The van der Waals surface area contributed by atoms with Gasteiger partial charge in [-0.15, -0.1) is 0 Å². The van der Waals surface area contributed by atoms with E-state index in [1.165, 1.54) is 24.5 Å². The van der Waals surface area contributed by atoms with E-state index < -0.39 is 61.0 Å². The molecule has 0 unspecified atom stereocenters. The average Bonchev–Trinajstić information content (AvgIpc) is 3.68. The van der Waals surface area contributed by atoms with Gasteiger partial charge in [0.15, 0.2) is 0 Å². The molecule has 4 heterocycles. The number of hydrogen-bond donors (Lipinski definition) is 0. The van der Waals surface area contributed by atoms with Crippen molar-refractivity contribution in [2.75, 3.05) is 0 Å². The largest absolute Gasteiger partial charge is 0.457 e. The number of oxime groups is 1. The fourth-order valence-corrected chi connectivity index (χ4v) is 7.64. The summed E-state index contributed by atoms with van der Waals surface area (Å²) in [6, 6.07) is 13.4. The number of non-ortho nitro benzene ring substituents is 2. The van der Waals surface area contributed by atoms with E-state index in [4.69, 9.17) is 19.3 Å². The summed E-state index contributed by atoms with van der Waals surface area (Å²) in [5.41, 5.74) is -0.546. The Balaban J connectivity index is 1.18. The van der Waals surface area contributed by atoms with Crippen molar-refractivity contribution in [3.05, 3.63) is 134 Å². The van der Waals surface area contributed by atoms with Gasteiger partial charge in [0.2, 0.25) is 11.7 Å². The highest BCUT2D eigenvalue weighted by molar-refractivity contribution is 6.26. The van der Waals surface area contributed by atoms with Gasteiger partial charge in [0.05, 0.1) is 55.4 Å². The summed E-state index contributed by atoms with van der Waals surface area (Å²) in [4.78, 5) is 85.2. The van der Waals surface area contributed by atoms with Gasteiger partial charge in [-0.05, 0) is 57.0 Å². The SMILES string of the molecule is CC[C@@]1(OC(=O)[C@H](C)O/N=C2\c3cc([N+](=O)[O-])cc(C)c3-c3c2cc([N+](=O)[O-])cc3[N+](=O)[O-])C(=O)OCc2c1cc1n(c2=O)Cc2cc3cc(C)ccc3nc2-1. The zero-order valence-corrected chi connectivity index (χ0v) is 30.0. The van der Waals surface area contributed by atoms with E-state index in [1.54, 1.807) is 13.0 Å². The normalized spacial score (nSPS) is 17.3. The molecule has 2 aromatic heterocycles. The lowest BCUT2D eigenvalue weighted by Gasteiger charge is -2.36. The molecule has 282 valence electrons. The van der Waals surface area contributed by atoms with Crippen LogP contribution in [0.3, 0.4) is 0 Å². The Hall–Kier alpha value is -7.37. The number of fused-ring (bicyclic) bond motifs is 8. The van der Waals surface area contributed by atoms with Crippen LogP contribution in [0.5, 0.6) is 0 Å². The summed E-state index contributed by atoms with van der Waals surface area (Å²) in [6.07, 6.45) is -1.75. The van der Waals surface area contributed by atoms with Crippen molar-refractivity contribution >= 4 is 45.6 Å². The highest BCUT2D eigenvalue weighted by Crippen LogP contribution is 2.48. The average molecular weight is 761 g/mol. The molecule has 18 nitrogen and oxygen atoms in total. The van der Waals surface area contributed by atoms with E-state index in [0.29, 0.717) is 16.9 Å². The van der Waals surface area contributed by atoms with Crippen molar-refractivity contribution in [2.24, 2.45) is 5.16 Å². The van der Waals surface area contributed by atoms with Gasteiger partial charge in [-0.3, -0.25) is 35.1 Å². The molecule has 8 rings (SSSR count). The molecule has 0 bridgehead atoms. The molecule has 1 aliphatic carbocycles. The third-order valence-electron chi connectivity index (χ3n) is 10.3. The molecule has 0 fully saturated rings. The number of hydrogen-bond acceptors (Lipinski definition) is 14. The molecule has 0 N–H and O–H groups in total. The maximum absolute atomic E-state index is 14.0. The predicted octanol–water partition coefficient (Wildman–Crippen LogP) is 5.81. The van der Waals surface area contributed by atoms with Crippen LogP contribution in [0.1, 0.15) is 59.2 Å². The van der Waals surface area contributed by atoms with Crippen LogP contribution in [0.15, 0.2) is 64.5 Å². The van der Waals surface area contributed by atoms with E-state index in [0.717, 1.165) is 34.7 Å². The molecule has 2 aliphatic heterocycles. The van der Waals surface area contributed by atoms with Crippen LogP contribution in [0.25, 0.3) is 33.4 Å². The zero-order valence-electron chi connectivity index (χ0n) is 30.0. The van der Waals surface area contributed by atoms with Crippen molar-refractivity contribution in [1.82, 2.24) is 9.55 Å². The number of aryl methyl sites for hydroxylation is 2.